The second kappa shape index (κ2) is 7.93. The van der Waals surface area contributed by atoms with Crippen molar-refractivity contribution < 1.29 is 9.59 Å². The summed E-state index contributed by atoms with van der Waals surface area (Å²) in [4.78, 5) is 26.8. The molecule has 0 aromatic heterocycles. The third-order valence-corrected chi connectivity index (χ3v) is 5.22. The summed E-state index contributed by atoms with van der Waals surface area (Å²) in [6.07, 6.45) is 6.31. The van der Waals surface area contributed by atoms with E-state index in [0.29, 0.717) is 5.56 Å². The minimum absolute atomic E-state index is 0.0124. The molecule has 0 radical (unpaired) electrons. The predicted molar refractivity (Wildman–Crippen MR) is 95.1 cm³/mol. The predicted octanol–water partition coefficient (Wildman–Crippen LogP) is 2.95. The first-order chi connectivity index (χ1) is 11.7. The Labute approximate surface area is 144 Å². The van der Waals surface area contributed by atoms with E-state index in [-0.39, 0.29) is 30.6 Å². The van der Waals surface area contributed by atoms with Crippen LogP contribution in [0.4, 0.5) is 0 Å². The fourth-order valence-corrected chi connectivity index (χ4v) is 3.45. The molecular weight excluding hydrogens is 300 g/mol. The van der Waals surface area contributed by atoms with Crippen LogP contribution in [0.1, 0.15) is 61.4 Å². The quantitative estimate of drug-likeness (QED) is 0.783. The van der Waals surface area contributed by atoms with Gasteiger partial charge in [-0.1, -0.05) is 31.2 Å². The highest BCUT2D eigenvalue weighted by Crippen LogP contribution is 2.29. The van der Waals surface area contributed by atoms with Gasteiger partial charge in [0.1, 0.15) is 0 Å². The zero-order valence-corrected chi connectivity index (χ0v) is 14.6. The number of piperidine rings is 1. The first-order valence-electron chi connectivity index (χ1n) is 9.31. The average molecular weight is 328 g/mol. The Balaban J connectivity index is 1.37. The van der Waals surface area contributed by atoms with Gasteiger partial charge in [-0.05, 0) is 37.7 Å². The first kappa shape index (κ1) is 17.2. The Morgan fingerprint density at radius 3 is 2.29 bits per heavy atom. The maximum Gasteiger partial charge on any atom is 0.220 e. The number of hydrogen-bond acceptors (Lipinski definition) is 3. The molecule has 3 rings (SSSR count). The number of benzene rings is 1. The second-order valence-electron chi connectivity index (χ2n) is 7.08. The van der Waals surface area contributed by atoms with E-state index in [4.69, 9.17) is 0 Å². The summed E-state index contributed by atoms with van der Waals surface area (Å²) >= 11 is 0. The van der Waals surface area contributed by atoms with Crippen molar-refractivity contribution in [2.24, 2.45) is 0 Å². The van der Waals surface area contributed by atoms with Gasteiger partial charge in [0.05, 0.1) is 0 Å². The zero-order valence-electron chi connectivity index (χ0n) is 14.6. The van der Waals surface area contributed by atoms with E-state index in [1.807, 2.05) is 24.3 Å². The van der Waals surface area contributed by atoms with E-state index in [2.05, 4.69) is 17.1 Å². The van der Waals surface area contributed by atoms with Crippen molar-refractivity contribution in [2.45, 2.75) is 64.0 Å². The maximum atomic E-state index is 12.2. The van der Waals surface area contributed by atoms with Crippen LogP contribution in [0.3, 0.4) is 0 Å². The summed E-state index contributed by atoms with van der Waals surface area (Å²) < 4.78 is 0. The highest BCUT2D eigenvalue weighted by atomic mass is 16.2. The Morgan fingerprint density at radius 2 is 1.71 bits per heavy atom. The monoisotopic (exact) mass is 328 g/mol. The van der Waals surface area contributed by atoms with Crippen LogP contribution < -0.4 is 5.32 Å². The molecule has 1 aromatic carbocycles. The van der Waals surface area contributed by atoms with Crippen molar-refractivity contribution >= 4 is 11.7 Å². The summed E-state index contributed by atoms with van der Waals surface area (Å²) in [5.41, 5.74) is 1.93. The van der Waals surface area contributed by atoms with E-state index >= 15 is 0 Å². The molecule has 1 aliphatic heterocycles. The van der Waals surface area contributed by atoms with Crippen LogP contribution in [0.5, 0.6) is 0 Å². The summed E-state index contributed by atoms with van der Waals surface area (Å²) in [6, 6.07) is 8.81. The van der Waals surface area contributed by atoms with Crippen molar-refractivity contribution in [1.82, 2.24) is 10.2 Å². The molecule has 1 amide bonds. The molecule has 0 spiro atoms. The van der Waals surface area contributed by atoms with Crippen LogP contribution >= 0.6 is 0 Å². The van der Waals surface area contributed by atoms with Crippen LogP contribution in [-0.4, -0.2) is 41.8 Å². The Bertz CT molecular complexity index is 570. The molecule has 1 aliphatic carbocycles. The van der Waals surface area contributed by atoms with Crippen molar-refractivity contribution in [2.75, 3.05) is 13.1 Å². The molecule has 4 nitrogen and oxygen atoms in total. The number of carbonyl (C=O) groups is 2. The molecule has 1 aromatic rings. The van der Waals surface area contributed by atoms with Gasteiger partial charge in [0.25, 0.3) is 0 Å². The van der Waals surface area contributed by atoms with Crippen molar-refractivity contribution in [3.8, 4) is 0 Å². The molecular formula is C20H28N2O2. The Kier molecular flexibility index (Phi) is 5.67. The molecule has 2 fully saturated rings. The van der Waals surface area contributed by atoms with E-state index in [1.54, 1.807) is 0 Å². The van der Waals surface area contributed by atoms with E-state index in [9.17, 15) is 9.59 Å². The Hall–Kier alpha value is -1.68. The molecule has 4 heteroatoms. The minimum atomic E-state index is 0.0124. The summed E-state index contributed by atoms with van der Waals surface area (Å²) in [7, 11) is 0. The molecule has 1 N–H and O–H groups in total. The van der Waals surface area contributed by atoms with Gasteiger partial charge in [0.2, 0.25) is 5.91 Å². The largest absolute Gasteiger partial charge is 0.353 e. The average Bonchev–Trinajstić information content (AvgIpc) is 3.45. The number of hydrogen-bond donors (Lipinski definition) is 1. The van der Waals surface area contributed by atoms with Gasteiger partial charge in [-0.3, -0.25) is 9.59 Å². The summed E-state index contributed by atoms with van der Waals surface area (Å²) in [6.45, 7) is 4.28. The molecule has 130 valence electrons. The topological polar surface area (TPSA) is 49.4 Å². The van der Waals surface area contributed by atoms with Gasteiger partial charge in [0, 0.05) is 43.6 Å². The van der Waals surface area contributed by atoms with Crippen LogP contribution in [0.25, 0.3) is 0 Å². The van der Waals surface area contributed by atoms with Gasteiger partial charge in [0.15, 0.2) is 5.78 Å². The highest BCUT2D eigenvalue weighted by molar-refractivity contribution is 5.98. The van der Waals surface area contributed by atoms with Crippen LogP contribution in [-0.2, 0) is 11.2 Å². The molecule has 0 unspecified atom stereocenters. The molecule has 2 aliphatic rings. The number of aryl methyl sites for hydroxylation is 1. The standard InChI is InChI=1S/C20H28N2O2/c1-2-15-3-5-16(6-4-15)19(23)9-10-20(24)21-17-11-13-22(14-12-17)18-7-8-18/h3-6,17-18H,2,7-14H2,1H3,(H,21,24). The van der Waals surface area contributed by atoms with Crippen molar-refractivity contribution in [3.63, 3.8) is 0 Å². The van der Waals surface area contributed by atoms with E-state index in [0.717, 1.165) is 38.4 Å². The normalized spacial score (nSPS) is 19.2. The smallest absolute Gasteiger partial charge is 0.220 e. The van der Waals surface area contributed by atoms with Gasteiger partial charge < -0.3 is 10.2 Å². The number of nitrogens with zero attached hydrogens (tertiary/aromatic N) is 1. The summed E-state index contributed by atoms with van der Waals surface area (Å²) in [5, 5.41) is 3.11. The number of ketones is 1. The van der Waals surface area contributed by atoms with Gasteiger partial charge >= 0.3 is 0 Å². The number of nitrogens with one attached hydrogen (secondary N) is 1. The van der Waals surface area contributed by atoms with Gasteiger partial charge in [-0.2, -0.15) is 0 Å². The lowest BCUT2D eigenvalue weighted by atomic mass is 10.0. The van der Waals surface area contributed by atoms with Crippen LogP contribution in [0.15, 0.2) is 24.3 Å². The minimum Gasteiger partial charge on any atom is -0.353 e. The molecule has 1 saturated carbocycles. The van der Waals surface area contributed by atoms with Crippen molar-refractivity contribution in [1.29, 1.82) is 0 Å². The summed E-state index contributed by atoms with van der Waals surface area (Å²) in [5.74, 6) is 0.0646. The lowest BCUT2D eigenvalue weighted by Gasteiger charge is -2.32. The van der Waals surface area contributed by atoms with Gasteiger partial charge in [-0.15, -0.1) is 0 Å². The number of rotatable bonds is 7. The number of likely N-dealkylation sites (tertiary alicyclic amines) is 1. The number of amides is 1. The molecule has 1 saturated heterocycles. The van der Waals surface area contributed by atoms with E-state index < -0.39 is 0 Å². The van der Waals surface area contributed by atoms with Crippen LogP contribution in [0, 0.1) is 0 Å². The van der Waals surface area contributed by atoms with Crippen molar-refractivity contribution in [3.05, 3.63) is 35.4 Å². The van der Waals surface area contributed by atoms with E-state index in [1.165, 1.54) is 18.4 Å². The highest BCUT2D eigenvalue weighted by Gasteiger charge is 2.32. The third kappa shape index (κ3) is 4.67. The lowest BCUT2D eigenvalue weighted by molar-refractivity contribution is -0.122. The zero-order chi connectivity index (χ0) is 16.9. The Morgan fingerprint density at radius 1 is 1.04 bits per heavy atom. The number of carbonyl (C=O) groups excluding carboxylic acids is 2. The molecule has 0 bridgehead atoms. The van der Waals surface area contributed by atoms with Crippen LogP contribution in [0.2, 0.25) is 0 Å². The fraction of sp³-hybridized carbons (Fsp3) is 0.600. The first-order valence-corrected chi connectivity index (χ1v) is 9.31. The maximum absolute atomic E-state index is 12.2. The molecule has 0 atom stereocenters. The fourth-order valence-electron chi connectivity index (χ4n) is 3.45. The third-order valence-electron chi connectivity index (χ3n) is 5.22. The second-order valence-corrected chi connectivity index (χ2v) is 7.08. The molecule has 1 heterocycles. The van der Waals surface area contributed by atoms with Gasteiger partial charge in [-0.25, -0.2) is 0 Å². The SMILES string of the molecule is CCc1ccc(C(=O)CCC(=O)NC2CCN(C3CC3)CC2)cc1. The lowest BCUT2D eigenvalue weighted by Crippen LogP contribution is -2.45. The number of Topliss-reactive ketones (excluding diaryl/α,β-unsaturated/α-hetero) is 1. The molecule has 24 heavy (non-hydrogen) atoms.